The van der Waals surface area contributed by atoms with E-state index >= 15 is 0 Å². The van der Waals surface area contributed by atoms with Crippen LogP contribution in [0.2, 0.25) is 0 Å². The van der Waals surface area contributed by atoms with Crippen LogP contribution >= 0.6 is 0 Å². The van der Waals surface area contributed by atoms with Gasteiger partial charge in [-0.25, -0.2) is 9.18 Å². The van der Waals surface area contributed by atoms with E-state index in [1.165, 1.54) is 12.1 Å². The fraction of sp³-hybridized carbons (Fsp3) is 0.588. The highest BCUT2D eigenvalue weighted by molar-refractivity contribution is 5.60. The topological polar surface area (TPSA) is 48.1 Å². The number of rotatable bonds is 9. The fourth-order valence-electron chi connectivity index (χ4n) is 2.36. The molecule has 2 rings (SSSR count). The number of hydrogen-bond donors (Lipinski definition) is 0. The Balaban J connectivity index is 1.54. The summed E-state index contributed by atoms with van der Waals surface area (Å²) in [4.78, 5) is 11.3. The summed E-state index contributed by atoms with van der Waals surface area (Å²) >= 11 is 0. The molecule has 1 unspecified atom stereocenters. The van der Waals surface area contributed by atoms with Crippen molar-refractivity contribution >= 4 is 6.16 Å². The second kappa shape index (κ2) is 8.13. The van der Waals surface area contributed by atoms with Gasteiger partial charge in [-0.15, -0.1) is 0 Å². The number of benzene rings is 1. The molecule has 5 heteroatoms. The Morgan fingerprint density at radius 1 is 1.23 bits per heavy atom. The van der Waals surface area contributed by atoms with E-state index < -0.39 is 11.9 Å². The summed E-state index contributed by atoms with van der Waals surface area (Å²) in [6, 6.07) is 6.65. The molecule has 0 saturated carbocycles. The van der Waals surface area contributed by atoms with Crippen LogP contribution < -0.4 is 0 Å². The number of carbonyl (C=O) groups excluding carboxylic acids is 1. The van der Waals surface area contributed by atoms with Gasteiger partial charge in [0.1, 0.15) is 12.4 Å². The maximum atomic E-state index is 12.8. The van der Waals surface area contributed by atoms with Gasteiger partial charge in [0.2, 0.25) is 5.79 Å². The van der Waals surface area contributed by atoms with E-state index in [1.54, 1.807) is 6.92 Å². The average Bonchev–Trinajstić information content (AvgIpc) is 3.24. The molecule has 0 aliphatic carbocycles. The van der Waals surface area contributed by atoms with Gasteiger partial charge >= 0.3 is 6.16 Å². The van der Waals surface area contributed by atoms with E-state index in [1.807, 2.05) is 12.1 Å². The maximum absolute atomic E-state index is 12.8. The van der Waals surface area contributed by atoms with E-state index in [9.17, 15) is 9.18 Å². The summed E-state index contributed by atoms with van der Waals surface area (Å²) in [5.41, 5.74) is 1.16. The second-order valence-electron chi connectivity index (χ2n) is 5.53. The second-order valence-corrected chi connectivity index (χ2v) is 5.53. The summed E-state index contributed by atoms with van der Waals surface area (Å²) in [5, 5.41) is 0. The molecule has 1 fully saturated rings. The molecule has 1 aliphatic rings. The lowest BCUT2D eigenvalue weighted by Gasteiger charge is -2.12. The fourth-order valence-corrected chi connectivity index (χ4v) is 2.36. The molecule has 1 saturated heterocycles. The van der Waals surface area contributed by atoms with Crippen molar-refractivity contribution < 1.29 is 23.4 Å². The molecule has 0 spiro atoms. The lowest BCUT2D eigenvalue weighted by atomic mass is 10.0. The Bertz CT molecular complexity index is 468. The van der Waals surface area contributed by atoms with Gasteiger partial charge in [0, 0.05) is 6.42 Å². The highest BCUT2D eigenvalue weighted by Crippen LogP contribution is 2.34. The van der Waals surface area contributed by atoms with Crippen molar-refractivity contribution in [3.8, 4) is 0 Å². The van der Waals surface area contributed by atoms with Crippen LogP contribution in [0.25, 0.3) is 0 Å². The Morgan fingerprint density at radius 2 is 1.91 bits per heavy atom. The van der Waals surface area contributed by atoms with Crippen molar-refractivity contribution in [1.82, 2.24) is 0 Å². The van der Waals surface area contributed by atoms with Crippen molar-refractivity contribution in [2.45, 2.75) is 51.2 Å². The first-order valence-corrected chi connectivity index (χ1v) is 7.88. The first kappa shape index (κ1) is 16.7. The Morgan fingerprint density at radius 3 is 2.55 bits per heavy atom. The summed E-state index contributed by atoms with van der Waals surface area (Å²) in [6.07, 6.45) is 5.17. The molecule has 0 radical (unpaired) electrons. The molecule has 122 valence electrons. The third-order valence-corrected chi connectivity index (χ3v) is 3.68. The molecule has 0 aromatic heterocycles. The van der Waals surface area contributed by atoms with Gasteiger partial charge in [0.25, 0.3) is 0 Å². The number of ether oxygens (including phenoxy) is 3. The molecule has 1 atom stereocenters. The smallest absolute Gasteiger partial charge is 0.435 e. The Kier molecular flexibility index (Phi) is 6.19. The van der Waals surface area contributed by atoms with Crippen molar-refractivity contribution in [2.24, 2.45) is 0 Å². The minimum atomic E-state index is -0.733. The number of epoxide rings is 1. The number of unbranched alkanes of at least 4 members (excludes halogenated alkanes) is 3. The van der Waals surface area contributed by atoms with Crippen LogP contribution in [0.1, 0.15) is 44.6 Å². The van der Waals surface area contributed by atoms with Gasteiger partial charge in [-0.3, -0.25) is 0 Å². The van der Waals surface area contributed by atoms with Crippen LogP contribution in [-0.2, 0) is 20.6 Å². The van der Waals surface area contributed by atoms with Crippen LogP contribution in [-0.4, -0.2) is 25.2 Å². The lowest BCUT2D eigenvalue weighted by molar-refractivity contribution is -0.0381. The predicted molar refractivity (Wildman–Crippen MR) is 80.0 cm³/mol. The van der Waals surface area contributed by atoms with Crippen molar-refractivity contribution in [3.63, 3.8) is 0 Å². The summed E-state index contributed by atoms with van der Waals surface area (Å²) in [7, 11) is 0. The van der Waals surface area contributed by atoms with E-state index in [2.05, 4.69) is 0 Å². The molecule has 1 aromatic carbocycles. The highest BCUT2D eigenvalue weighted by Gasteiger charge is 2.49. The lowest BCUT2D eigenvalue weighted by Crippen LogP contribution is -2.22. The van der Waals surface area contributed by atoms with E-state index in [0.717, 1.165) is 37.7 Å². The standard InChI is InChI=1S/C17H23FO4/c1-2-20-16(19)22-17(13-21-17)12-6-4-3-5-7-14-8-10-15(18)11-9-14/h8-11H,2-7,12-13H2,1H3. The van der Waals surface area contributed by atoms with Crippen LogP contribution in [0, 0.1) is 5.82 Å². The van der Waals surface area contributed by atoms with Crippen LogP contribution in [0.4, 0.5) is 9.18 Å². The van der Waals surface area contributed by atoms with Gasteiger partial charge in [0.05, 0.1) is 6.61 Å². The van der Waals surface area contributed by atoms with Crippen molar-refractivity contribution in [3.05, 3.63) is 35.6 Å². The van der Waals surface area contributed by atoms with Gasteiger partial charge in [0.15, 0.2) is 0 Å². The van der Waals surface area contributed by atoms with Crippen molar-refractivity contribution in [2.75, 3.05) is 13.2 Å². The largest absolute Gasteiger partial charge is 0.510 e. The monoisotopic (exact) mass is 310 g/mol. The minimum absolute atomic E-state index is 0.194. The molecule has 22 heavy (non-hydrogen) atoms. The predicted octanol–water partition coefficient (Wildman–Crippen LogP) is 4.22. The number of carbonyl (C=O) groups is 1. The zero-order valence-electron chi connectivity index (χ0n) is 13.0. The van der Waals surface area contributed by atoms with Crippen LogP contribution in [0.5, 0.6) is 0 Å². The quantitative estimate of drug-likeness (QED) is 0.389. The average molecular weight is 310 g/mol. The first-order valence-electron chi connectivity index (χ1n) is 7.88. The zero-order valence-corrected chi connectivity index (χ0v) is 13.0. The normalized spacial score (nSPS) is 19.7. The summed E-state index contributed by atoms with van der Waals surface area (Å²) in [6.45, 7) is 2.50. The SMILES string of the molecule is CCOC(=O)OC1(CCCCCCc2ccc(F)cc2)CO1. The third kappa shape index (κ3) is 5.64. The molecule has 0 N–H and O–H groups in total. The van der Waals surface area contributed by atoms with Gasteiger partial charge in [-0.05, 0) is 43.9 Å². The molecule has 1 aromatic rings. The summed E-state index contributed by atoms with van der Waals surface area (Å²) in [5.74, 6) is -0.927. The molecule has 1 heterocycles. The molecule has 4 nitrogen and oxygen atoms in total. The minimum Gasteiger partial charge on any atom is -0.435 e. The van der Waals surface area contributed by atoms with E-state index in [-0.39, 0.29) is 5.82 Å². The Hall–Kier alpha value is -1.62. The molecular weight excluding hydrogens is 287 g/mol. The maximum Gasteiger partial charge on any atom is 0.510 e. The van der Waals surface area contributed by atoms with E-state index in [0.29, 0.717) is 19.6 Å². The zero-order chi connectivity index (χ0) is 15.8. The van der Waals surface area contributed by atoms with Gasteiger partial charge in [-0.2, -0.15) is 0 Å². The van der Waals surface area contributed by atoms with Gasteiger partial charge in [-0.1, -0.05) is 25.0 Å². The van der Waals surface area contributed by atoms with Gasteiger partial charge < -0.3 is 14.2 Å². The molecule has 0 amide bonds. The Labute approximate surface area is 130 Å². The highest BCUT2D eigenvalue weighted by atomic mass is 19.1. The first-order chi connectivity index (χ1) is 10.6. The molecular formula is C17H23FO4. The third-order valence-electron chi connectivity index (χ3n) is 3.68. The van der Waals surface area contributed by atoms with E-state index in [4.69, 9.17) is 14.2 Å². The number of halogens is 1. The van der Waals surface area contributed by atoms with Crippen LogP contribution in [0.3, 0.4) is 0 Å². The molecule has 0 bridgehead atoms. The summed E-state index contributed by atoms with van der Waals surface area (Å²) < 4.78 is 27.9. The number of aryl methyl sites for hydroxylation is 1. The van der Waals surface area contributed by atoms with Crippen LogP contribution in [0.15, 0.2) is 24.3 Å². The van der Waals surface area contributed by atoms with Crippen molar-refractivity contribution in [1.29, 1.82) is 0 Å². The number of hydrogen-bond acceptors (Lipinski definition) is 4. The molecule has 1 aliphatic heterocycles.